The Morgan fingerprint density at radius 1 is 1.29 bits per heavy atom. The molecule has 2 nitrogen and oxygen atoms in total. The standard InChI is InChI=1S/C14H20BrNO/c1-4-9-16(11(2)3)10-14(17)12-5-7-13(15)8-6-12/h5-8,11H,4,9-10H2,1-3H3. The molecule has 1 aromatic carbocycles. The lowest BCUT2D eigenvalue weighted by Crippen LogP contribution is -2.36. The van der Waals surface area contributed by atoms with Gasteiger partial charge in [-0.15, -0.1) is 0 Å². The van der Waals surface area contributed by atoms with Gasteiger partial charge in [0.05, 0.1) is 6.54 Å². The first-order chi connectivity index (χ1) is 8.04. The highest BCUT2D eigenvalue weighted by Gasteiger charge is 2.14. The van der Waals surface area contributed by atoms with E-state index in [0.29, 0.717) is 12.6 Å². The van der Waals surface area contributed by atoms with E-state index >= 15 is 0 Å². The molecule has 0 amide bonds. The van der Waals surface area contributed by atoms with Crippen LogP contribution in [0.1, 0.15) is 37.6 Å². The Bertz CT molecular complexity index is 359. The second kappa shape index (κ2) is 6.92. The van der Waals surface area contributed by atoms with E-state index in [1.165, 1.54) is 0 Å². The number of Topliss-reactive ketones (excluding diaryl/α,β-unsaturated/α-hetero) is 1. The molecule has 0 bridgehead atoms. The molecule has 0 saturated carbocycles. The first-order valence-corrected chi connectivity index (χ1v) is 6.86. The largest absolute Gasteiger partial charge is 0.293 e. The van der Waals surface area contributed by atoms with Gasteiger partial charge in [0.25, 0.3) is 0 Å². The van der Waals surface area contributed by atoms with Crippen molar-refractivity contribution >= 4 is 21.7 Å². The highest BCUT2D eigenvalue weighted by Crippen LogP contribution is 2.12. The Morgan fingerprint density at radius 3 is 2.35 bits per heavy atom. The topological polar surface area (TPSA) is 20.3 Å². The maximum absolute atomic E-state index is 12.1. The van der Waals surface area contributed by atoms with E-state index < -0.39 is 0 Å². The molecule has 1 rings (SSSR count). The van der Waals surface area contributed by atoms with Crippen LogP contribution in [0.5, 0.6) is 0 Å². The van der Waals surface area contributed by atoms with Crippen LogP contribution in [0.2, 0.25) is 0 Å². The van der Waals surface area contributed by atoms with Gasteiger partial charge in [0.15, 0.2) is 5.78 Å². The Labute approximate surface area is 112 Å². The molecular formula is C14H20BrNO. The second-order valence-corrected chi connectivity index (χ2v) is 5.41. The summed E-state index contributed by atoms with van der Waals surface area (Å²) in [6.45, 7) is 7.88. The van der Waals surface area contributed by atoms with Crippen LogP contribution in [0.15, 0.2) is 28.7 Å². The quantitative estimate of drug-likeness (QED) is 0.745. The van der Waals surface area contributed by atoms with E-state index in [1.54, 1.807) is 0 Å². The predicted octanol–water partition coefficient (Wildman–Crippen LogP) is 3.75. The second-order valence-electron chi connectivity index (χ2n) is 4.49. The summed E-state index contributed by atoms with van der Waals surface area (Å²) < 4.78 is 1.00. The molecule has 0 aliphatic carbocycles. The Morgan fingerprint density at radius 2 is 1.88 bits per heavy atom. The molecule has 0 aliphatic heterocycles. The van der Waals surface area contributed by atoms with Gasteiger partial charge in [-0.2, -0.15) is 0 Å². The first-order valence-electron chi connectivity index (χ1n) is 6.07. The van der Waals surface area contributed by atoms with Crippen LogP contribution in [0, 0.1) is 0 Å². The van der Waals surface area contributed by atoms with Gasteiger partial charge < -0.3 is 0 Å². The van der Waals surface area contributed by atoms with Gasteiger partial charge in [-0.25, -0.2) is 0 Å². The zero-order chi connectivity index (χ0) is 12.8. The molecule has 0 aliphatic rings. The SMILES string of the molecule is CCCN(CC(=O)c1ccc(Br)cc1)C(C)C. The van der Waals surface area contributed by atoms with Crippen molar-refractivity contribution in [3.8, 4) is 0 Å². The number of ketones is 1. The van der Waals surface area contributed by atoms with Crippen molar-refractivity contribution in [3.63, 3.8) is 0 Å². The average Bonchev–Trinajstić information content (AvgIpc) is 2.29. The molecule has 0 radical (unpaired) electrons. The number of rotatable bonds is 6. The van der Waals surface area contributed by atoms with Crippen LogP contribution >= 0.6 is 15.9 Å². The number of hydrogen-bond acceptors (Lipinski definition) is 2. The fourth-order valence-electron chi connectivity index (χ4n) is 1.72. The summed E-state index contributed by atoms with van der Waals surface area (Å²) in [5.74, 6) is 0.194. The molecule has 0 heterocycles. The van der Waals surface area contributed by atoms with Crippen molar-refractivity contribution in [2.75, 3.05) is 13.1 Å². The zero-order valence-corrected chi connectivity index (χ0v) is 12.3. The van der Waals surface area contributed by atoms with Crippen LogP contribution < -0.4 is 0 Å². The predicted molar refractivity (Wildman–Crippen MR) is 75.5 cm³/mol. The molecule has 3 heteroatoms. The molecule has 0 spiro atoms. The van der Waals surface area contributed by atoms with E-state index in [-0.39, 0.29) is 5.78 Å². The maximum atomic E-state index is 12.1. The molecular weight excluding hydrogens is 278 g/mol. The van der Waals surface area contributed by atoms with Crippen molar-refractivity contribution in [1.82, 2.24) is 4.90 Å². The number of nitrogens with zero attached hydrogens (tertiary/aromatic N) is 1. The molecule has 0 fully saturated rings. The summed E-state index contributed by atoms with van der Waals surface area (Å²) in [4.78, 5) is 14.3. The fourth-order valence-corrected chi connectivity index (χ4v) is 1.98. The monoisotopic (exact) mass is 297 g/mol. The van der Waals surface area contributed by atoms with E-state index in [9.17, 15) is 4.79 Å². The Kier molecular flexibility index (Phi) is 5.86. The minimum Gasteiger partial charge on any atom is -0.293 e. The Hall–Kier alpha value is -0.670. The van der Waals surface area contributed by atoms with E-state index in [0.717, 1.165) is 23.0 Å². The normalized spacial score (nSPS) is 11.2. The molecule has 0 N–H and O–H groups in total. The van der Waals surface area contributed by atoms with Crippen molar-refractivity contribution < 1.29 is 4.79 Å². The molecule has 94 valence electrons. The minimum absolute atomic E-state index is 0.194. The van der Waals surface area contributed by atoms with Crippen LogP contribution in [0.4, 0.5) is 0 Å². The van der Waals surface area contributed by atoms with Gasteiger partial charge in [0.1, 0.15) is 0 Å². The maximum Gasteiger partial charge on any atom is 0.176 e. The van der Waals surface area contributed by atoms with Crippen molar-refractivity contribution in [3.05, 3.63) is 34.3 Å². The van der Waals surface area contributed by atoms with Gasteiger partial charge in [-0.3, -0.25) is 9.69 Å². The van der Waals surface area contributed by atoms with Crippen LogP contribution in [0.25, 0.3) is 0 Å². The molecule has 1 aromatic rings. The van der Waals surface area contributed by atoms with Crippen LogP contribution in [-0.2, 0) is 0 Å². The summed E-state index contributed by atoms with van der Waals surface area (Å²) in [7, 11) is 0. The first kappa shape index (κ1) is 14.4. The molecule has 0 aromatic heterocycles. The summed E-state index contributed by atoms with van der Waals surface area (Å²) >= 11 is 3.37. The van der Waals surface area contributed by atoms with Gasteiger partial charge in [-0.1, -0.05) is 35.0 Å². The summed E-state index contributed by atoms with van der Waals surface area (Å²) in [6.07, 6.45) is 1.08. The summed E-state index contributed by atoms with van der Waals surface area (Å²) in [6, 6.07) is 7.97. The number of halogens is 1. The highest BCUT2D eigenvalue weighted by atomic mass is 79.9. The summed E-state index contributed by atoms with van der Waals surface area (Å²) in [5, 5.41) is 0. The van der Waals surface area contributed by atoms with Crippen molar-refractivity contribution in [1.29, 1.82) is 0 Å². The fraction of sp³-hybridized carbons (Fsp3) is 0.500. The van der Waals surface area contributed by atoms with Gasteiger partial charge in [0, 0.05) is 16.1 Å². The smallest absolute Gasteiger partial charge is 0.176 e. The van der Waals surface area contributed by atoms with Gasteiger partial charge in [-0.05, 0) is 38.9 Å². The molecule has 0 atom stereocenters. The van der Waals surface area contributed by atoms with Crippen molar-refractivity contribution in [2.45, 2.75) is 33.2 Å². The third kappa shape index (κ3) is 4.60. The van der Waals surface area contributed by atoms with E-state index in [4.69, 9.17) is 0 Å². The number of carbonyl (C=O) groups excluding carboxylic acids is 1. The number of benzene rings is 1. The average molecular weight is 298 g/mol. The zero-order valence-electron chi connectivity index (χ0n) is 10.7. The summed E-state index contributed by atoms with van der Waals surface area (Å²) in [5.41, 5.74) is 0.787. The van der Waals surface area contributed by atoms with Crippen LogP contribution in [-0.4, -0.2) is 29.8 Å². The van der Waals surface area contributed by atoms with Gasteiger partial charge >= 0.3 is 0 Å². The minimum atomic E-state index is 0.194. The van der Waals surface area contributed by atoms with Crippen LogP contribution in [0.3, 0.4) is 0 Å². The lowest BCUT2D eigenvalue weighted by atomic mass is 10.1. The number of hydrogen-bond donors (Lipinski definition) is 0. The lowest BCUT2D eigenvalue weighted by Gasteiger charge is -2.25. The van der Waals surface area contributed by atoms with Gasteiger partial charge in [0.2, 0.25) is 0 Å². The third-order valence-corrected chi connectivity index (χ3v) is 3.28. The Balaban J connectivity index is 2.66. The lowest BCUT2D eigenvalue weighted by molar-refractivity contribution is 0.0906. The number of carbonyl (C=O) groups is 1. The molecule has 17 heavy (non-hydrogen) atoms. The van der Waals surface area contributed by atoms with Crippen molar-refractivity contribution in [2.24, 2.45) is 0 Å². The molecule has 0 unspecified atom stereocenters. The highest BCUT2D eigenvalue weighted by molar-refractivity contribution is 9.10. The van der Waals surface area contributed by atoms with E-state index in [2.05, 4.69) is 41.6 Å². The van der Waals surface area contributed by atoms with E-state index in [1.807, 2.05) is 24.3 Å². The third-order valence-electron chi connectivity index (χ3n) is 2.75. The molecule has 0 saturated heterocycles.